The predicted octanol–water partition coefficient (Wildman–Crippen LogP) is 0.579. The molecular weight excluding hydrogens is 274 g/mol. The Kier molecular flexibility index (Phi) is 4.76. The van der Waals surface area contributed by atoms with Gasteiger partial charge in [0.2, 0.25) is 0 Å². The summed E-state index contributed by atoms with van der Waals surface area (Å²) in [5.74, 6) is 0.103. The Bertz CT molecular complexity index is 599. The lowest BCUT2D eigenvalue weighted by Crippen LogP contribution is -2.45. The van der Waals surface area contributed by atoms with Crippen LogP contribution in [-0.4, -0.2) is 63.7 Å². The lowest BCUT2D eigenvalue weighted by Gasteiger charge is -2.32. The van der Waals surface area contributed by atoms with Gasteiger partial charge in [-0.25, -0.2) is 8.42 Å². The van der Waals surface area contributed by atoms with Crippen molar-refractivity contribution in [1.82, 2.24) is 9.80 Å². The highest BCUT2D eigenvalue weighted by Crippen LogP contribution is 2.13. The molecule has 0 spiro atoms. The molecule has 1 heterocycles. The number of nitriles is 1. The van der Waals surface area contributed by atoms with Crippen LogP contribution < -0.4 is 0 Å². The third-order valence-electron chi connectivity index (χ3n) is 3.59. The fourth-order valence-electron chi connectivity index (χ4n) is 2.20. The van der Waals surface area contributed by atoms with Crippen LogP contribution in [0.3, 0.4) is 0 Å². The topological polar surface area (TPSA) is 64.4 Å². The molecule has 108 valence electrons. The zero-order valence-electron chi connectivity index (χ0n) is 11.6. The molecule has 5 nitrogen and oxygen atoms in total. The SMILES string of the molecule is CN1CCN(CCS(=O)(=O)c2cccc(C#N)c2)CC1. The first-order valence-corrected chi connectivity index (χ1v) is 8.30. The van der Waals surface area contributed by atoms with E-state index >= 15 is 0 Å². The standard InChI is InChI=1S/C14H19N3O2S/c1-16-5-7-17(8-6-16)9-10-20(18,19)14-4-2-3-13(11-14)12-15/h2-4,11H,5-10H2,1H3. The number of nitrogens with zero attached hydrogens (tertiary/aromatic N) is 3. The fourth-order valence-corrected chi connectivity index (χ4v) is 3.52. The second-order valence-electron chi connectivity index (χ2n) is 5.10. The van der Waals surface area contributed by atoms with Gasteiger partial charge in [0.1, 0.15) is 0 Å². The van der Waals surface area contributed by atoms with Crippen molar-refractivity contribution in [3.63, 3.8) is 0 Å². The summed E-state index contributed by atoms with van der Waals surface area (Å²) in [7, 11) is -1.24. The van der Waals surface area contributed by atoms with Crippen molar-refractivity contribution in [2.45, 2.75) is 4.90 Å². The number of piperazine rings is 1. The van der Waals surface area contributed by atoms with Crippen molar-refractivity contribution < 1.29 is 8.42 Å². The van der Waals surface area contributed by atoms with Crippen LogP contribution in [0.4, 0.5) is 0 Å². The molecule has 1 aromatic carbocycles. The van der Waals surface area contributed by atoms with E-state index in [1.165, 1.54) is 6.07 Å². The second kappa shape index (κ2) is 6.35. The summed E-state index contributed by atoms with van der Waals surface area (Å²) in [4.78, 5) is 4.65. The van der Waals surface area contributed by atoms with E-state index in [4.69, 9.17) is 5.26 Å². The number of sulfone groups is 1. The van der Waals surface area contributed by atoms with Gasteiger partial charge in [0.15, 0.2) is 9.84 Å². The van der Waals surface area contributed by atoms with Crippen molar-refractivity contribution in [3.05, 3.63) is 29.8 Å². The zero-order chi connectivity index (χ0) is 14.6. The highest BCUT2D eigenvalue weighted by atomic mass is 32.2. The van der Waals surface area contributed by atoms with Crippen molar-refractivity contribution in [3.8, 4) is 6.07 Å². The van der Waals surface area contributed by atoms with E-state index in [0.29, 0.717) is 12.1 Å². The summed E-state index contributed by atoms with van der Waals surface area (Å²) in [6, 6.07) is 8.19. The zero-order valence-corrected chi connectivity index (χ0v) is 12.4. The van der Waals surface area contributed by atoms with E-state index in [-0.39, 0.29) is 10.6 Å². The Morgan fingerprint density at radius 3 is 2.60 bits per heavy atom. The molecule has 0 bridgehead atoms. The maximum atomic E-state index is 12.3. The molecular formula is C14H19N3O2S. The Balaban J connectivity index is 1.99. The van der Waals surface area contributed by atoms with E-state index in [0.717, 1.165) is 26.2 Å². The van der Waals surface area contributed by atoms with Crippen molar-refractivity contribution in [2.75, 3.05) is 45.5 Å². The van der Waals surface area contributed by atoms with Crippen LogP contribution in [0, 0.1) is 11.3 Å². The molecule has 0 saturated carbocycles. The summed E-state index contributed by atoms with van der Waals surface area (Å²) in [6.07, 6.45) is 0. The first-order chi connectivity index (χ1) is 9.51. The summed E-state index contributed by atoms with van der Waals surface area (Å²) < 4.78 is 24.5. The molecule has 0 aromatic heterocycles. The molecule has 2 rings (SSSR count). The van der Waals surface area contributed by atoms with Gasteiger partial charge in [-0.15, -0.1) is 0 Å². The van der Waals surface area contributed by atoms with Gasteiger partial charge in [0.25, 0.3) is 0 Å². The summed E-state index contributed by atoms with van der Waals surface area (Å²) in [5, 5.41) is 8.83. The van der Waals surface area contributed by atoms with Gasteiger partial charge in [-0.05, 0) is 25.2 Å². The molecule has 1 aromatic rings. The maximum Gasteiger partial charge on any atom is 0.179 e. The van der Waals surface area contributed by atoms with Gasteiger partial charge in [-0.3, -0.25) is 4.90 Å². The number of rotatable bonds is 4. The lowest BCUT2D eigenvalue weighted by molar-refractivity contribution is 0.161. The first kappa shape index (κ1) is 15.0. The van der Waals surface area contributed by atoms with Crippen LogP contribution in [-0.2, 0) is 9.84 Å². The minimum absolute atomic E-state index is 0.103. The molecule has 1 aliphatic rings. The quantitative estimate of drug-likeness (QED) is 0.812. The number of hydrogen-bond donors (Lipinski definition) is 0. The van der Waals surface area contributed by atoms with Gasteiger partial charge in [-0.2, -0.15) is 5.26 Å². The van der Waals surface area contributed by atoms with Crippen molar-refractivity contribution in [2.24, 2.45) is 0 Å². The monoisotopic (exact) mass is 293 g/mol. The van der Waals surface area contributed by atoms with Gasteiger partial charge < -0.3 is 4.90 Å². The maximum absolute atomic E-state index is 12.3. The molecule has 0 unspecified atom stereocenters. The molecule has 20 heavy (non-hydrogen) atoms. The molecule has 1 fully saturated rings. The normalized spacial score (nSPS) is 17.8. The van der Waals surface area contributed by atoms with Crippen LogP contribution in [0.25, 0.3) is 0 Å². The molecule has 0 atom stereocenters. The molecule has 6 heteroatoms. The lowest BCUT2D eigenvalue weighted by atomic mass is 10.2. The largest absolute Gasteiger partial charge is 0.304 e. The highest BCUT2D eigenvalue weighted by Gasteiger charge is 2.19. The van der Waals surface area contributed by atoms with Gasteiger partial charge in [-0.1, -0.05) is 6.07 Å². The van der Waals surface area contributed by atoms with Crippen LogP contribution in [0.15, 0.2) is 29.2 Å². The minimum Gasteiger partial charge on any atom is -0.304 e. The van der Waals surface area contributed by atoms with E-state index in [9.17, 15) is 8.42 Å². The smallest absolute Gasteiger partial charge is 0.179 e. The molecule has 0 aliphatic carbocycles. The van der Waals surface area contributed by atoms with Crippen LogP contribution in [0.2, 0.25) is 0 Å². The minimum atomic E-state index is -3.31. The Hall–Kier alpha value is -1.42. The van der Waals surface area contributed by atoms with E-state index < -0.39 is 9.84 Å². The number of hydrogen-bond acceptors (Lipinski definition) is 5. The Labute approximate surface area is 120 Å². The number of benzene rings is 1. The molecule has 0 amide bonds. The van der Waals surface area contributed by atoms with Gasteiger partial charge in [0, 0.05) is 32.7 Å². The summed E-state index contributed by atoms with van der Waals surface area (Å²) in [5.41, 5.74) is 0.380. The van der Waals surface area contributed by atoms with Crippen molar-refractivity contribution >= 4 is 9.84 Å². The molecule has 1 aliphatic heterocycles. The average Bonchev–Trinajstić information content (AvgIpc) is 2.47. The molecule has 0 N–H and O–H groups in total. The van der Waals surface area contributed by atoms with E-state index in [1.807, 2.05) is 6.07 Å². The van der Waals surface area contributed by atoms with E-state index in [1.54, 1.807) is 18.2 Å². The highest BCUT2D eigenvalue weighted by molar-refractivity contribution is 7.91. The van der Waals surface area contributed by atoms with Gasteiger partial charge in [0.05, 0.1) is 22.3 Å². The molecule has 1 saturated heterocycles. The van der Waals surface area contributed by atoms with Crippen LogP contribution in [0.1, 0.15) is 5.56 Å². The van der Waals surface area contributed by atoms with Gasteiger partial charge >= 0.3 is 0 Å². The second-order valence-corrected chi connectivity index (χ2v) is 7.21. The number of likely N-dealkylation sites (N-methyl/N-ethyl adjacent to an activating group) is 1. The van der Waals surface area contributed by atoms with E-state index in [2.05, 4.69) is 16.8 Å². The third kappa shape index (κ3) is 3.79. The Morgan fingerprint density at radius 1 is 1.25 bits per heavy atom. The van der Waals surface area contributed by atoms with Crippen molar-refractivity contribution in [1.29, 1.82) is 5.26 Å². The van der Waals surface area contributed by atoms with Crippen LogP contribution in [0.5, 0.6) is 0 Å². The predicted molar refractivity (Wildman–Crippen MR) is 77.1 cm³/mol. The summed E-state index contributed by atoms with van der Waals surface area (Å²) >= 11 is 0. The molecule has 0 radical (unpaired) electrons. The van der Waals surface area contributed by atoms with Crippen LogP contribution >= 0.6 is 0 Å². The average molecular weight is 293 g/mol. The first-order valence-electron chi connectivity index (χ1n) is 6.65. The fraction of sp³-hybridized carbons (Fsp3) is 0.500. The Morgan fingerprint density at radius 2 is 1.95 bits per heavy atom. The summed E-state index contributed by atoms with van der Waals surface area (Å²) in [6.45, 7) is 4.31. The third-order valence-corrected chi connectivity index (χ3v) is 5.29.